The molecule has 0 saturated carbocycles. The van der Waals surface area contributed by atoms with Gasteiger partial charge in [-0.2, -0.15) is 0 Å². The summed E-state index contributed by atoms with van der Waals surface area (Å²) in [5.41, 5.74) is 1.38. The van der Waals surface area contributed by atoms with E-state index in [4.69, 9.17) is 25.8 Å². The molecule has 0 saturated heterocycles. The van der Waals surface area contributed by atoms with Gasteiger partial charge in [0.15, 0.2) is 11.5 Å². The van der Waals surface area contributed by atoms with Crippen LogP contribution in [-0.2, 0) is 4.79 Å². The summed E-state index contributed by atoms with van der Waals surface area (Å²) in [6, 6.07) is 10.6. The highest BCUT2D eigenvalue weighted by Gasteiger charge is 2.10. The van der Waals surface area contributed by atoms with Crippen LogP contribution in [0.4, 0.5) is 5.69 Å². The van der Waals surface area contributed by atoms with Crippen LogP contribution in [0, 0.1) is 0 Å². The molecule has 2 rings (SSSR count). The van der Waals surface area contributed by atoms with Gasteiger partial charge in [-0.3, -0.25) is 4.79 Å². The van der Waals surface area contributed by atoms with Crippen LogP contribution in [0.1, 0.15) is 12.5 Å². The van der Waals surface area contributed by atoms with Gasteiger partial charge in [-0.15, -0.1) is 0 Å². The Morgan fingerprint density at radius 1 is 1.20 bits per heavy atom. The zero-order valence-corrected chi connectivity index (χ0v) is 15.1. The van der Waals surface area contributed by atoms with Crippen LogP contribution >= 0.6 is 11.6 Å². The third-order valence-corrected chi connectivity index (χ3v) is 3.58. The van der Waals surface area contributed by atoms with E-state index in [2.05, 4.69) is 5.32 Å². The second-order valence-corrected chi connectivity index (χ2v) is 5.43. The predicted octanol–water partition coefficient (Wildman–Crippen LogP) is 4.41. The van der Waals surface area contributed by atoms with Gasteiger partial charge in [0.1, 0.15) is 5.75 Å². The number of halogens is 1. The average Bonchev–Trinajstić information content (AvgIpc) is 2.60. The Morgan fingerprint density at radius 3 is 2.68 bits per heavy atom. The highest BCUT2D eigenvalue weighted by molar-refractivity contribution is 6.32. The van der Waals surface area contributed by atoms with Crippen molar-refractivity contribution in [2.45, 2.75) is 6.92 Å². The molecule has 5 nitrogen and oxygen atoms in total. The van der Waals surface area contributed by atoms with Crippen LogP contribution < -0.4 is 19.5 Å². The van der Waals surface area contributed by atoms with Gasteiger partial charge in [0.2, 0.25) is 5.91 Å². The third kappa shape index (κ3) is 5.16. The summed E-state index contributed by atoms with van der Waals surface area (Å²) in [5.74, 6) is 1.41. The highest BCUT2D eigenvalue weighted by Crippen LogP contribution is 2.36. The molecule has 0 aliphatic carbocycles. The lowest BCUT2D eigenvalue weighted by molar-refractivity contribution is -0.111. The van der Waals surface area contributed by atoms with E-state index in [1.54, 1.807) is 49.6 Å². The predicted molar refractivity (Wildman–Crippen MR) is 99.8 cm³/mol. The first-order valence-electron chi connectivity index (χ1n) is 7.70. The average molecular weight is 362 g/mol. The lowest BCUT2D eigenvalue weighted by Gasteiger charge is -2.11. The largest absolute Gasteiger partial charge is 0.497 e. The summed E-state index contributed by atoms with van der Waals surface area (Å²) < 4.78 is 15.9. The minimum Gasteiger partial charge on any atom is -0.497 e. The number of ether oxygens (including phenoxy) is 3. The maximum Gasteiger partial charge on any atom is 0.248 e. The van der Waals surface area contributed by atoms with E-state index in [0.29, 0.717) is 34.6 Å². The van der Waals surface area contributed by atoms with Crippen LogP contribution in [0.15, 0.2) is 42.5 Å². The number of methoxy groups -OCH3 is 2. The molecule has 0 aliphatic rings. The Kier molecular flexibility index (Phi) is 6.71. The van der Waals surface area contributed by atoms with Gasteiger partial charge in [0, 0.05) is 17.8 Å². The molecule has 0 fully saturated rings. The van der Waals surface area contributed by atoms with E-state index in [0.717, 1.165) is 5.56 Å². The summed E-state index contributed by atoms with van der Waals surface area (Å²) >= 11 is 6.20. The number of amides is 1. The lowest BCUT2D eigenvalue weighted by Crippen LogP contribution is -2.07. The molecule has 2 aromatic carbocycles. The molecule has 0 unspecified atom stereocenters. The maximum absolute atomic E-state index is 12.1. The first-order chi connectivity index (χ1) is 12.1. The van der Waals surface area contributed by atoms with Crippen molar-refractivity contribution in [3.05, 3.63) is 53.1 Å². The van der Waals surface area contributed by atoms with Crippen LogP contribution in [0.25, 0.3) is 6.08 Å². The Bertz CT molecular complexity index is 774. The number of nitrogens with one attached hydrogen (secondary N) is 1. The SMILES string of the molecule is CCOc1cc(/C=C/C(=O)Nc2cccc(OC)c2)cc(Cl)c1OC. The van der Waals surface area contributed by atoms with E-state index in [9.17, 15) is 4.79 Å². The molecular formula is C19H20ClNO4. The summed E-state index contributed by atoms with van der Waals surface area (Å²) in [4.78, 5) is 12.1. The van der Waals surface area contributed by atoms with Crippen molar-refractivity contribution in [1.29, 1.82) is 0 Å². The minimum atomic E-state index is -0.266. The molecule has 0 aliphatic heterocycles. The molecule has 6 heteroatoms. The van der Waals surface area contributed by atoms with Gasteiger partial charge in [-0.25, -0.2) is 0 Å². The number of carbonyl (C=O) groups excluding carboxylic acids is 1. The van der Waals surface area contributed by atoms with Crippen LogP contribution in [0.3, 0.4) is 0 Å². The van der Waals surface area contributed by atoms with Gasteiger partial charge in [0.05, 0.1) is 25.8 Å². The fourth-order valence-corrected chi connectivity index (χ4v) is 2.50. The minimum absolute atomic E-state index is 0.266. The van der Waals surface area contributed by atoms with Gasteiger partial charge < -0.3 is 19.5 Å². The fourth-order valence-electron chi connectivity index (χ4n) is 2.20. The monoisotopic (exact) mass is 361 g/mol. The molecule has 0 spiro atoms. The van der Waals surface area contributed by atoms with Crippen molar-refractivity contribution in [3.8, 4) is 17.2 Å². The molecule has 132 valence electrons. The quantitative estimate of drug-likeness (QED) is 0.742. The second-order valence-electron chi connectivity index (χ2n) is 5.02. The Morgan fingerprint density at radius 2 is 2.00 bits per heavy atom. The molecule has 1 N–H and O–H groups in total. The normalized spacial score (nSPS) is 10.6. The smallest absolute Gasteiger partial charge is 0.248 e. The van der Waals surface area contributed by atoms with Gasteiger partial charge >= 0.3 is 0 Å². The van der Waals surface area contributed by atoms with Gasteiger partial charge in [0.25, 0.3) is 0 Å². The van der Waals surface area contributed by atoms with Crippen LogP contribution in [-0.4, -0.2) is 26.7 Å². The molecule has 1 amide bonds. The molecule has 0 heterocycles. The van der Waals surface area contributed by atoms with Crippen LogP contribution in [0.2, 0.25) is 5.02 Å². The van der Waals surface area contributed by atoms with Crippen molar-refractivity contribution >= 4 is 29.3 Å². The Labute approximate surface area is 152 Å². The topological polar surface area (TPSA) is 56.8 Å². The molecule has 25 heavy (non-hydrogen) atoms. The van der Waals surface area contributed by atoms with Crippen molar-refractivity contribution in [3.63, 3.8) is 0 Å². The third-order valence-electron chi connectivity index (χ3n) is 3.30. The molecular weight excluding hydrogens is 342 g/mol. The first kappa shape index (κ1) is 18.7. The van der Waals surface area contributed by atoms with Crippen molar-refractivity contribution in [2.75, 3.05) is 26.1 Å². The number of benzene rings is 2. The fraction of sp³-hybridized carbons (Fsp3) is 0.211. The van der Waals surface area contributed by atoms with Crippen molar-refractivity contribution in [2.24, 2.45) is 0 Å². The summed E-state index contributed by atoms with van der Waals surface area (Å²) in [6.07, 6.45) is 3.08. The molecule has 0 aromatic heterocycles. The standard InChI is InChI=1S/C19H20ClNO4/c1-4-25-17-11-13(10-16(20)19(17)24-3)8-9-18(22)21-14-6-5-7-15(12-14)23-2/h5-12H,4H2,1-3H3,(H,21,22)/b9-8+. The van der Waals surface area contributed by atoms with E-state index in [1.165, 1.54) is 13.2 Å². The Hall–Kier alpha value is -2.66. The Balaban J connectivity index is 2.13. The van der Waals surface area contributed by atoms with E-state index in [1.807, 2.05) is 6.92 Å². The van der Waals surface area contributed by atoms with Crippen molar-refractivity contribution in [1.82, 2.24) is 0 Å². The number of hydrogen-bond acceptors (Lipinski definition) is 4. The zero-order valence-electron chi connectivity index (χ0n) is 14.3. The second kappa shape index (κ2) is 8.99. The van der Waals surface area contributed by atoms with E-state index >= 15 is 0 Å². The summed E-state index contributed by atoms with van der Waals surface area (Å²) in [5, 5.41) is 3.19. The number of anilines is 1. The number of carbonyl (C=O) groups is 1. The van der Waals surface area contributed by atoms with Gasteiger partial charge in [-0.1, -0.05) is 17.7 Å². The number of rotatable bonds is 7. The lowest BCUT2D eigenvalue weighted by atomic mass is 10.2. The zero-order chi connectivity index (χ0) is 18.2. The summed E-state index contributed by atoms with van der Waals surface area (Å²) in [6.45, 7) is 2.35. The van der Waals surface area contributed by atoms with E-state index < -0.39 is 0 Å². The molecule has 0 atom stereocenters. The molecule has 2 aromatic rings. The van der Waals surface area contributed by atoms with Gasteiger partial charge in [-0.05, 0) is 42.8 Å². The van der Waals surface area contributed by atoms with Crippen molar-refractivity contribution < 1.29 is 19.0 Å². The van der Waals surface area contributed by atoms with Crippen LogP contribution in [0.5, 0.6) is 17.2 Å². The maximum atomic E-state index is 12.1. The van der Waals surface area contributed by atoms with E-state index in [-0.39, 0.29) is 5.91 Å². The first-order valence-corrected chi connectivity index (χ1v) is 8.08. The molecule has 0 bridgehead atoms. The summed E-state index contributed by atoms with van der Waals surface area (Å²) in [7, 11) is 3.10. The highest BCUT2D eigenvalue weighted by atomic mass is 35.5. The number of hydrogen-bond donors (Lipinski definition) is 1. The molecule has 0 radical (unpaired) electrons.